The van der Waals surface area contributed by atoms with Crippen molar-refractivity contribution in [2.24, 2.45) is 0 Å². The molecule has 3 N–H and O–H groups in total. The molecule has 1 unspecified atom stereocenters. The minimum atomic E-state index is -0.0865. The maximum absolute atomic E-state index is 12.5. The third-order valence-electron chi connectivity index (χ3n) is 2.92. The van der Waals surface area contributed by atoms with Gasteiger partial charge in [-0.05, 0) is 20.3 Å². The molecule has 114 valence electrons. The Labute approximate surface area is 124 Å². The SMILES string of the molecule is CCCNc1nc(N)c(C(=O)N(CC)C(C)COC)s1. The van der Waals surface area contributed by atoms with Crippen LogP contribution in [0.25, 0.3) is 0 Å². The van der Waals surface area contributed by atoms with E-state index in [1.54, 1.807) is 12.0 Å². The minimum Gasteiger partial charge on any atom is -0.383 e. The summed E-state index contributed by atoms with van der Waals surface area (Å²) in [5.41, 5.74) is 5.86. The second-order valence-electron chi connectivity index (χ2n) is 4.56. The number of rotatable bonds is 8. The summed E-state index contributed by atoms with van der Waals surface area (Å²) in [6.45, 7) is 7.90. The summed E-state index contributed by atoms with van der Waals surface area (Å²) in [4.78, 5) is 19.0. The molecule has 1 aromatic heterocycles. The van der Waals surface area contributed by atoms with Crippen LogP contribution in [0.3, 0.4) is 0 Å². The van der Waals surface area contributed by atoms with Crippen molar-refractivity contribution < 1.29 is 9.53 Å². The summed E-state index contributed by atoms with van der Waals surface area (Å²) in [5, 5.41) is 3.85. The first kappa shape index (κ1) is 16.7. The van der Waals surface area contributed by atoms with Gasteiger partial charge in [0.05, 0.1) is 12.6 Å². The molecule has 1 rings (SSSR count). The van der Waals surface area contributed by atoms with E-state index in [0.717, 1.165) is 13.0 Å². The summed E-state index contributed by atoms with van der Waals surface area (Å²) in [5.74, 6) is 0.207. The zero-order chi connectivity index (χ0) is 15.1. The van der Waals surface area contributed by atoms with Crippen LogP contribution in [0.4, 0.5) is 10.9 Å². The van der Waals surface area contributed by atoms with Crippen molar-refractivity contribution in [3.63, 3.8) is 0 Å². The molecule has 1 aromatic rings. The van der Waals surface area contributed by atoms with Gasteiger partial charge in [0.1, 0.15) is 10.7 Å². The van der Waals surface area contributed by atoms with Gasteiger partial charge in [0.2, 0.25) is 0 Å². The molecule has 1 amide bonds. The Hall–Kier alpha value is -1.34. The molecule has 0 aliphatic heterocycles. The van der Waals surface area contributed by atoms with Crippen molar-refractivity contribution in [3.05, 3.63) is 4.88 Å². The lowest BCUT2D eigenvalue weighted by Gasteiger charge is -2.27. The maximum atomic E-state index is 12.5. The Bertz CT molecular complexity index is 436. The first-order valence-corrected chi connectivity index (χ1v) is 7.66. The monoisotopic (exact) mass is 300 g/mol. The van der Waals surface area contributed by atoms with E-state index in [1.165, 1.54) is 11.3 Å². The van der Waals surface area contributed by atoms with Crippen LogP contribution in [0.2, 0.25) is 0 Å². The molecule has 20 heavy (non-hydrogen) atoms. The van der Waals surface area contributed by atoms with Gasteiger partial charge in [0.25, 0.3) is 5.91 Å². The Balaban J connectivity index is 2.86. The van der Waals surface area contributed by atoms with Crippen molar-refractivity contribution >= 4 is 28.2 Å². The average Bonchev–Trinajstić information content (AvgIpc) is 2.78. The van der Waals surface area contributed by atoms with E-state index >= 15 is 0 Å². The number of carbonyl (C=O) groups excluding carboxylic acids is 1. The highest BCUT2D eigenvalue weighted by molar-refractivity contribution is 7.18. The number of nitrogens with one attached hydrogen (secondary N) is 1. The van der Waals surface area contributed by atoms with Gasteiger partial charge in [-0.25, -0.2) is 4.98 Å². The van der Waals surface area contributed by atoms with Crippen molar-refractivity contribution in [3.8, 4) is 0 Å². The maximum Gasteiger partial charge on any atom is 0.268 e. The number of likely N-dealkylation sites (N-methyl/N-ethyl adjacent to an activating group) is 1. The largest absolute Gasteiger partial charge is 0.383 e. The predicted octanol–water partition coefficient (Wildman–Crippen LogP) is 2.04. The highest BCUT2D eigenvalue weighted by atomic mass is 32.1. The number of anilines is 2. The molecule has 0 aromatic carbocycles. The average molecular weight is 300 g/mol. The van der Waals surface area contributed by atoms with Crippen LogP contribution in [-0.2, 0) is 4.74 Å². The van der Waals surface area contributed by atoms with Gasteiger partial charge in [-0.3, -0.25) is 4.79 Å². The second-order valence-corrected chi connectivity index (χ2v) is 5.55. The lowest BCUT2D eigenvalue weighted by molar-refractivity contribution is 0.0584. The number of ether oxygens (including phenoxy) is 1. The van der Waals surface area contributed by atoms with Gasteiger partial charge in [-0.1, -0.05) is 18.3 Å². The quantitative estimate of drug-likeness (QED) is 0.768. The number of amides is 1. The standard InChI is InChI=1S/C13H24N4O2S/c1-5-7-15-13-16-11(14)10(20-13)12(18)17(6-2)9(3)8-19-4/h9H,5-8,14H2,1-4H3,(H,15,16). The Kier molecular flexibility index (Phi) is 6.74. The number of nitrogen functional groups attached to an aromatic ring is 1. The van der Waals surface area contributed by atoms with E-state index in [4.69, 9.17) is 10.5 Å². The van der Waals surface area contributed by atoms with E-state index in [0.29, 0.717) is 29.0 Å². The third-order valence-corrected chi connectivity index (χ3v) is 3.93. The van der Waals surface area contributed by atoms with Crippen molar-refractivity contribution in [1.29, 1.82) is 0 Å². The predicted molar refractivity (Wildman–Crippen MR) is 83.4 cm³/mol. The first-order chi connectivity index (χ1) is 9.54. The van der Waals surface area contributed by atoms with E-state index < -0.39 is 0 Å². The van der Waals surface area contributed by atoms with Crippen LogP contribution >= 0.6 is 11.3 Å². The molecule has 0 aliphatic rings. The summed E-state index contributed by atoms with van der Waals surface area (Å²) in [6.07, 6.45) is 0.995. The van der Waals surface area contributed by atoms with Gasteiger partial charge in [-0.2, -0.15) is 0 Å². The zero-order valence-electron chi connectivity index (χ0n) is 12.6. The first-order valence-electron chi connectivity index (χ1n) is 6.85. The zero-order valence-corrected chi connectivity index (χ0v) is 13.4. The lowest BCUT2D eigenvalue weighted by Crippen LogP contribution is -2.40. The number of nitrogens with two attached hydrogens (primary N) is 1. The number of methoxy groups -OCH3 is 1. The number of hydrogen-bond acceptors (Lipinski definition) is 6. The smallest absolute Gasteiger partial charge is 0.268 e. The summed E-state index contributed by atoms with van der Waals surface area (Å²) < 4.78 is 5.11. The lowest BCUT2D eigenvalue weighted by atomic mass is 10.2. The fourth-order valence-electron chi connectivity index (χ4n) is 1.91. The number of aromatic nitrogens is 1. The van der Waals surface area contributed by atoms with Gasteiger partial charge in [0, 0.05) is 20.2 Å². The molecule has 0 aliphatic carbocycles. The van der Waals surface area contributed by atoms with E-state index in [2.05, 4.69) is 17.2 Å². The van der Waals surface area contributed by atoms with Crippen LogP contribution in [0.5, 0.6) is 0 Å². The Morgan fingerprint density at radius 2 is 2.25 bits per heavy atom. The molecule has 7 heteroatoms. The summed E-state index contributed by atoms with van der Waals surface area (Å²) in [6, 6.07) is 0.00560. The molecule has 0 radical (unpaired) electrons. The fraction of sp³-hybridized carbons (Fsp3) is 0.692. The second kappa shape index (κ2) is 8.06. The third kappa shape index (κ3) is 4.08. The van der Waals surface area contributed by atoms with Gasteiger partial charge < -0.3 is 20.7 Å². The van der Waals surface area contributed by atoms with Crippen LogP contribution in [-0.4, -0.2) is 48.6 Å². The molecule has 0 fully saturated rings. The molecule has 1 heterocycles. The van der Waals surface area contributed by atoms with Crippen LogP contribution in [0.1, 0.15) is 36.9 Å². The number of carbonyl (C=O) groups is 1. The van der Waals surface area contributed by atoms with Crippen molar-refractivity contribution in [2.75, 3.05) is 37.9 Å². The van der Waals surface area contributed by atoms with Crippen molar-refractivity contribution in [2.45, 2.75) is 33.2 Å². The van der Waals surface area contributed by atoms with Gasteiger partial charge in [-0.15, -0.1) is 0 Å². The molecule has 0 saturated heterocycles. The topological polar surface area (TPSA) is 80.5 Å². The van der Waals surface area contributed by atoms with Crippen LogP contribution < -0.4 is 11.1 Å². The fourth-order valence-corrected chi connectivity index (χ4v) is 2.78. The molecular formula is C13H24N4O2S. The Morgan fingerprint density at radius 1 is 1.55 bits per heavy atom. The summed E-state index contributed by atoms with van der Waals surface area (Å²) in [7, 11) is 1.63. The summed E-state index contributed by atoms with van der Waals surface area (Å²) >= 11 is 1.31. The Morgan fingerprint density at radius 3 is 2.80 bits per heavy atom. The molecule has 0 spiro atoms. The highest BCUT2D eigenvalue weighted by Gasteiger charge is 2.24. The van der Waals surface area contributed by atoms with Crippen LogP contribution in [0.15, 0.2) is 0 Å². The minimum absolute atomic E-state index is 0.00560. The van der Waals surface area contributed by atoms with Crippen LogP contribution in [0, 0.1) is 0 Å². The van der Waals surface area contributed by atoms with E-state index in [-0.39, 0.29) is 11.9 Å². The van der Waals surface area contributed by atoms with E-state index in [1.807, 2.05) is 13.8 Å². The number of thiazole rings is 1. The molecule has 0 saturated carbocycles. The van der Waals surface area contributed by atoms with Crippen molar-refractivity contribution in [1.82, 2.24) is 9.88 Å². The molecule has 0 bridgehead atoms. The molecular weight excluding hydrogens is 276 g/mol. The highest BCUT2D eigenvalue weighted by Crippen LogP contribution is 2.26. The molecule has 1 atom stereocenters. The number of nitrogens with zero attached hydrogens (tertiary/aromatic N) is 2. The number of hydrogen-bond donors (Lipinski definition) is 2. The normalized spacial score (nSPS) is 12.2. The van der Waals surface area contributed by atoms with Gasteiger partial charge >= 0.3 is 0 Å². The van der Waals surface area contributed by atoms with Gasteiger partial charge in [0.15, 0.2) is 5.13 Å². The van der Waals surface area contributed by atoms with E-state index in [9.17, 15) is 4.79 Å². The molecule has 6 nitrogen and oxygen atoms in total.